The number of pyridine rings is 1. The van der Waals surface area contributed by atoms with Gasteiger partial charge in [-0.3, -0.25) is 4.98 Å². The summed E-state index contributed by atoms with van der Waals surface area (Å²) in [5, 5.41) is 0. The minimum atomic E-state index is -2.53. The lowest BCUT2D eigenvalue weighted by Gasteiger charge is -2.12. The van der Waals surface area contributed by atoms with Crippen LogP contribution in [0.15, 0.2) is 16.9 Å². The van der Waals surface area contributed by atoms with Gasteiger partial charge in [-0.25, -0.2) is 8.78 Å². The van der Waals surface area contributed by atoms with Crippen molar-refractivity contribution in [1.82, 2.24) is 4.98 Å². The molecule has 5 heteroatoms. The van der Waals surface area contributed by atoms with Crippen LogP contribution in [-0.2, 0) is 0 Å². The third-order valence-electron chi connectivity index (χ3n) is 1.68. The number of aromatic nitrogens is 1. The second-order valence-electron chi connectivity index (χ2n) is 2.71. The van der Waals surface area contributed by atoms with E-state index in [0.717, 1.165) is 0 Å². The van der Waals surface area contributed by atoms with Crippen molar-refractivity contribution in [2.24, 2.45) is 5.73 Å². The molecule has 1 aromatic rings. The Kier molecular flexibility index (Phi) is 3.33. The Morgan fingerprint density at radius 2 is 2.08 bits per heavy atom. The number of nitrogens with zero attached hydrogens (tertiary/aromatic N) is 1. The van der Waals surface area contributed by atoms with Crippen LogP contribution in [0, 0.1) is 0 Å². The first-order valence-electron chi connectivity index (χ1n) is 3.71. The molecule has 0 amide bonds. The summed E-state index contributed by atoms with van der Waals surface area (Å²) in [4.78, 5) is 3.79. The maximum atomic E-state index is 12.5. The summed E-state index contributed by atoms with van der Waals surface area (Å²) in [6.07, 6.45) is 0.183. The van der Waals surface area contributed by atoms with Gasteiger partial charge in [0.15, 0.2) is 0 Å². The predicted molar refractivity (Wildman–Crippen MR) is 49.5 cm³/mol. The van der Waals surface area contributed by atoms with Crippen LogP contribution in [0.2, 0.25) is 0 Å². The molecule has 1 rings (SSSR count). The van der Waals surface area contributed by atoms with Gasteiger partial charge in [0.1, 0.15) is 0 Å². The Balaban J connectivity index is 3.26. The molecule has 0 aliphatic heterocycles. The average Bonchev–Trinajstić information content (AvgIpc) is 2.02. The smallest absolute Gasteiger partial charge is 0.265 e. The van der Waals surface area contributed by atoms with Crippen molar-refractivity contribution in [3.05, 3.63) is 28.0 Å². The third kappa shape index (κ3) is 2.22. The van der Waals surface area contributed by atoms with E-state index in [0.29, 0.717) is 10.0 Å². The predicted octanol–water partition coefficient (Wildman–Crippen LogP) is 2.80. The van der Waals surface area contributed by atoms with E-state index in [-0.39, 0.29) is 5.56 Å². The monoisotopic (exact) mass is 250 g/mol. The van der Waals surface area contributed by atoms with Gasteiger partial charge < -0.3 is 5.73 Å². The molecule has 0 radical (unpaired) electrons. The minimum absolute atomic E-state index is 0.0648. The SMILES string of the molecule is CC(N)c1cncc(Br)c1C(F)F. The normalized spacial score (nSPS) is 13.4. The molecular weight excluding hydrogens is 242 g/mol. The van der Waals surface area contributed by atoms with Crippen LogP contribution in [0.5, 0.6) is 0 Å². The number of hydrogen-bond acceptors (Lipinski definition) is 2. The Hall–Kier alpha value is -0.550. The fraction of sp³-hybridized carbons (Fsp3) is 0.375. The highest BCUT2D eigenvalue weighted by atomic mass is 79.9. The Morgan fingerprint density at radius 3 is 2.46 bits per heavy atom. The summed E-state index contributed by atoms with van der Waals surface area (Å²) in [5.74, 6) is 0. The van der Waals surface area contributed by atoms with Gasteiger partial charge in [-0.15, -0.1) is 0 Å². The van der Waals surface area contributed by atoms with Gasteiger partial charge in [0.25, 0.3) is 6.43 Å². The van der Waals surface area contributed by atoms with Crippen molar-refractivity contribution >= 4 is 15.9 Å². The molecule has 2 N–H and O–H groups in total. The van der Waals surface area contributed by atoms with E-state index in [9.17, 15) is 8.78 Å². The number of nitrogens with two attached hydrogens (primary N) is 1. The quantitative estimate of drug-likeness (QED) is 0.877. The van der Waals surface area contributed by atoms with E-state index in [4.69, 9.17) is 5.73 Å². The summed E-state index contributed by atoms with van der Waals surface area (Å²) in [5.41, 5.74) is 5.84. The van der Waals surface area contributed by atoms with E-state index in [1.807, 2.05) is 0 Å². The maximum absolute atomic E-state index is 12.5. The van der Waals surface area contributed by atoms with E-state index in [2.05, 4.69) is 20.9 Å². The Morgan fingerprint density at radius 1 is 1.46 bits per heavy atom. The Labute approximate surface area is 83.3 Å². The molecule has 0 spiro atoms. The molecule has 1 heterocycles. The number of rotatable bonds is 2. The van der Waals surface area contributed by atoms with Crippen LogP contribution >= 0.6 is 15.9 Å². The molecule has 2 nitrogen and oxygen atoms in total. The van der Waals surface area contributed by atoms with Gasteiger partial charge in [0.2, 0.25) is 0 Å². The van der Waals surface area contributed by atoms with Crippen LogP contribution in [0.3, 0.4) is 0 Å². The molecule has 1 aromatic heterocycles. The highest BCUT2D eigenvalue weighted by Crippen LogP contribution is 2.31. The summed E-state index contributed by atoms with van der Waals surface area (Å²) in [6.45, 7) is 1.65. The number of halogens is 3. The van der Waals surface area contributed by atoms with Crippen LogP contribution in [0.4, 0.5) is 8.78 Å². The van der Waals surface area contributed by atoms with Crippen LogP contribution in [-0.4, -0.2) is 4.98 Å². The molecule has 1 atom stereocenters. The molecule has 0 aliphatic carbocycles. The second-order valence-corrected chi connectivity index (χ2v) is 3.57. The summed E-state index contributed by atoms with van der Waals surface area (Å²) < 4.78 is 25.4. The van der Waals surface area contributed by atoms with Crippen molar-refractivity contribution in [2.75, 3.05) is 0 Å². The topological polar surface area (TPSA) is 38.9 Å². The number of alkyl halides is 2. The lowest BCUT2D eigenvalue weighted by molar-refractivity contribution is 0.148. The van der Waals surface area contributed by atoms with Crippen molar-refractivity contribution < 1.29 is 8.78 Å². The summed E-state index contributed by atoms with van der Waals surface area (Å²) >= 11 is 3.02. The Bertz CT molecular complexity index is 302. The standard InChI is InChI=1S/C8H9BrF2N2/c1-4(12)5-2-13-3-6(9)7(5)8(10)11/h2-4,8H,12H2,1H3. The summed E-state index contributed by atoms with van der Waals surface area (Å²) in [6, 6.07) is -0.436. The first-order valence-corrected chi connectivity index (χ1v) is 4.50. The van der Waals surface area contributed by atoms with Gasteiger partial charge in [-0.1, -0.05) is 0 Å². The molecule has 1 unspecified atom stereocenters. The molecular formula is C8H9BrF2N2. The van der Waals surface area contributed by atoms with E-state index >= 15 is 0 Å². The van der Waals surface area contributed by atoms with Gasteiger partial charge in [0.05, 0.1) is 0 Å². The van der Waals surface area contributed by atoms with Crippen LogP contribution in [0.25, 0.3) is 0 Å². The largest absolute Gasteiger partial charge is 0.324 e. The first kappa shape index (κ1) is 10.5. The molecule has 0 aromatic carbocycles. The molecule has 0 saturated heterocycles. The van der Waals surface area contributed by atoms with E-state index in [1.54, 1.807) is 6.92 Å². The lowest BCUT2D eigenvalue weighted by atomic mass is 10.1. The summed E-state index contributed by atoms with van der Waals surface area (Å²) in [7, 11) is 0. The molecule has 0 aliphatic rings. The van der Waals surface area contributed by atoms with Gasteiger partial charge >= 0.3 is 0 Å². The average molecular weight is 251 g/mol. The van der Waals surface area contributed by atoms with Crippen molar-refractivity contribution in [3.63, 3.8) is 0 Å². The second kappa shape index (κ2) is 4.11. The highest BCUT2D eigenvalue weighted by molar-refractivity contribution is 9.10. The van der Waals surface area contributed by atoms with Gasteiger partial charge in [-0.05, 0) is 28.4 Å². The lowest BCUT2D eigenvalue weighted by Crippen LogP contribution is -2.09. The van der Waals surface area contributed by atoms with E-state index in [1.165, 1.54) is 12.4 Å². The zero-order valence-electron chi connectivity index (χ0n) is 6.97. The zero-order valence-corrected chi connectivity index (χ0v) is 8.55. The number of hydrogen-bond donors (Lipinski definition) is 1. The first-order chi connectivity index (χ1) is 6.04. The van der Waals surface area contributed by atoms with E-state index < -0.39 is 12.5 Å². The third-order valence-corrected chi connectivity index (χ3v) is 2.31. The van der Waals surface area contributed by atoms with Gasteiger partial charge in [0, 0.05) is 28.5 Å². The molecule has 13 heavy (non-hydrogen) atoms. The fourth-order valence-electron chi connectivity index (χ4n) is 1.05. The van der Waals surface area contributed by atoms with Crippen LogP contribution in [0.1, 0.15) is 30.5 Å². The van der Waals surface area contributed by atoms with Crippen molar-refractivity contribution in [1.29, 1.82) is 0 Å². The molecule has 0 fully saturated rings. The van der Waals surface area contributed by atoms with Crippen molar-refractivity contribution in [2.45, 2.75) is 19.4 Å². The van der Waals surface area contributed by atoms with Crippen LogP contribution < -0.4 is 5.73 Å². The zero-order chi connectivity index (χ0) is 10.0. The molecule has 72 valence electrons. The molecule has 0 bridgehead atoms. The maximum Gasteiger partial charge on any atom is 0.265 e. The van der Waals surface area contributed by atoms with Crippen molar-refractivity contribution in [3.8, 4) is 0 Å². The highest BCUT2D eigenvalue weighted by Gasteiger charge is 2.18. The minimum Gasteiger partial charge on any atom is -0.324 e. The van der Waals surface area contributed by atoms with Gasteiger partial charge in [-0.2, -0.15) is 0 Å². The fourth-order valence-corrected chi connectivity index (χ4v) is 1.57. The molecule has 0 saturated carbocycles.